The molecule has 0 aliphatic heterocycles. The monoisotopic (exact) mass is 579 g/mol. The van der Waals surface area contributed by atoms with Crippen molar-refractivity contribution >= 4 is 16.9 Å². The summed E-state index contributed by atoms with van der Waals surface area (Å²) >= 11 is -1.62. The number of hydrogen-bond donors (Lipinski definition) is 0. The van der Waals surface area contributed by atoms with E-state index in [1.165, 1.54) is 23.4 Å². The number of carbonyl (C=O) groups excluding carboxylic acids is 1. The summed E-state index contributed by atoms with van der Waals surface area (Å²) in [6.07, 6.45) is 2.11. The van der Waals surface area contributed by atoms with Gasteiger partial charge >= 0.3 is 143 Å². The van der Waals surface area contributed by atoms with Crippen LogP contribution in [0.4, 0.5) is 0 Å². The molecule has 0 aliphatic rings. The molecule has 1 heterocycles. The predicted molar refractivity (Wildman–Crippen MR) is 81.0 cm³/mol. The van der Waals surface area contributed by atoms with Crippen molar-refractivity contribution in [2.24, 2.45) is 0 Å². The van der Waals surface area contributed by atoms with Crippen molar-refractivity contribution < 1.29 is 65.9 Å². The number of benzene rings is 2. The van der Waals surface area contributed by atoms with Crippen LogP contribution in [0.2, 0.25) is 0 Å². The number of aromatic nitrogens is 1. The standard InChI is InChI=1S/C16H13N.C2H4O2.ClHO4.Hg/c1-13-11-12-17(14-7-3-2-4-8-14)16-10-6-5-9-15(13)16;1-2(3)4;2-1(3,4)5;/h2-12H,1H2;1H3,(H,3,4);(H,2,3,4,5);/q+1;;;+1/p-2. The molecule has 0 aliphatic carbocycles. The molecule has 138 valence electrons. The van der Waals surface area contributed by atoms with E-state index in [-0.39, 0.29) is 5.97 Å². The van der Waals surface area contributed by atoms with Crippen LogP contribution in [0.3, 0.4) is 0 Å². The minimum absolute atomic E-state index is 0.138. The Kier molecular flexibility index (Phi) is 8.09. The van der Waals surface area contributed by atoms with Gasteiger partial charge in [-0.05, 0) is 0 Å². The van der Waals surface area contributed by atoms with Crippen molar-refractivity contribution in [2.45, 2.75) is 10.9 Å². The zero-order chi connectivity index (χ0) is 19.9. The largest absolute Gasteiger partial charge is 0.222 e. The van der Waals surface area contributed by atoms with E-state index in [4.69, 9.17) is 21.3 Å². The maximum atomic E-state index is 11.0. The molecule has 2 aromatic carbocycles. The smallest absolute Gasteiger partial charge is 0.112 e. The van der Waals surface area contributed by atoms with Crippen LogP contribution in [0.25, 0.3) is 16.6 Å². The molecular formula is C18H16ClHgNO6. The SMILES string of the molecule is CC(=O)[O][Hg][CH2]c1cc[n+](-c2ccccc2)c2ccccc12.[O-][Cl+3]([O-])([O-])[O-]. The molecular weight excluding hydrogens is 562 g/mol. The quantitative estimate of drug-likeness (QED) is 0.272. The van der Waals surface area contributed by atoms with Gasteiger partial charge in [-0.15, -0.1) is 10.2 Å². The van der Waals surface area contributed by atoms with Gasteiger partial charge in [-0.25, -0.2) is 18.6 Å². The second-order valence-electron chi connectivity index (χ2n) is 5.53. The molecule has 0 N–H and O–H groups in total. The molecule has 7 nitrogen and oxygen atoms in total. The minimum Gasteiger partial charge on any atom is -0.222 e. The fourth-order valence-corrected chi connectivity index (χ4v) is 6.69. The summed E-state index contributed by atoms with van der Waals surface area (Å²) in [5.74, 6) is -0.138. The Morgan fingerprint density at radius 2 is 1.59 bits per heavy atom. The Morgan fingerprint density at radius 3 is 2.22 bits per heavy atom. The van der Waals surface area contributed by atoms with E-state index >= 15 is 0 Å². The molecule has 3 rings (SSSR count). The third-order valence-electron chi connectivity index (χ3n) is 3.65. The molecule has 0 spiro atoms. The number of pyridine rings is 1. The molecule has 3 aromatic rings. The minimum atomic E-state index is -4.94. The molecule has 0 fully saturated rings. The fraction of sp³-hybridized carbons (Fsp3) is 0.111. The van der Waals surface area contributed by atoms with Gasteiger partial charge in [0.1, 0.15) is 0 Å². The molecule has 27 heavy (non-hydrogen) atoms. The zero-order valence-electron chi connectivity index (χ0n) is 14.5. The molecule has 0 atom stereocenters. The van der Waals surface area contributed by atoms with E-state index in [0.717, 1.165) is 9.62 Å². The fourth-order valence-electron chi connectivity index (χ4n) is 2.63. The van der Waals surface area contributed by atoms with Crippen molar-refractivity contribution in [1.82, 2.24) is 0 Å². The maximum Gasteiger partial charge on any atom is -0.112 e. The van der Waals surface area contributed by atoms with Crippen LogP contribution in [0, 0.1) is 10.2 Å². The van der Waals surface area contributed by atoms with Crippen molar-refractivity contribution in [3.05, 3.63) is 72.4 Å². The number of halogens is 1. The number of nitrogens with zero attached hydrogens (tertiary/aromatic N) is 1. The molecule has 0 saturated heterocycles. The average molecular weight is 578 g/mol. The van der Waals surface area contributed by atoms with E-state index < -0.39 is 35.3 Å². The van der Waals surface area contributed by atoms with Crippen molar-refractivity contribution in [2.75, 3.05) is 0 Å². The molecule has 0 amide bonds. The summed E-state index contributed by atoms with van der Waals surface area (Å²) in [5, 5.41) is 1.24. The van der Waals surface area contributed by atoms with Gasteiger partial charge < -0.3 is 0 Å². The van der Waals surface area contributed by atoms with Crippen molar-refractivity contribution in [3.8, 4) is 5.69 Å². The third kappa shape index (κ3) is 7.49. The second kappa shape index (κ2) is 10.1. The molecule has 0 saturated carbocycles. The van der Waals surface area contributed by atoms with Crippen LogP contribution < -0.4 is 23.2 Å². The molecule has 0 bridgehead atoms. The Morgan fingerprint density at radius 1 is 1.00 bits per heavy atom. The summed E-state index contributed by atoms with van der Waals surface area (Å²) in [6, 6.07) is 20.9. The van der Waals surface area contributed by atoms with E-state index in [1.54, 1.807) is 0 Å². The average Bonchev–Trinajstić information content (AvgIpc) is 2.61. The molecule has 0 radical (unpaired) electrons. The second-order valence-corrected chi connectivity index (χ2v) is 10.9. The molecule has 1 aromatic heterocycles. The first-order chi connectivity index (χ1) is 12.8. The number of rotatable bonds is 4. The van der Waals surface area contributed by atoms with Gasteiger partial charge in [0.2, 0.25) is 0 Å². The van der Waals surface area contributed by atoms with Crippen LogP contribution in [0.5, 0.6) is 0 Å². The van der Waals surface area contributed by atoms with Crippen LogP contribution >= 0.6 is 0 Å². The topological polar surface area (TPSA) is 122 Å². The number of fused-ring (bicyclic) bond motifs is 1. The summed E-state index contributed by atoms with van der Waals surface area (Å²) < 4.78 is 42.4. The van der Waals surface area contributed by atoms with Crippen LogP contribution in [-0.4, -0.2) is 5.97 Å². The Bertz CT molecular complexity index is 895. The van der Waals surface area contributed by atoms with E-state index in [2.05, 4.69) is 53.2 Å². The van der Waals surface area contributed by atoms with Gasteiger partial charge in [-0.2, -0.15) is 0 Å². The van der Waals surface area contributed by atoms with E-state index in [1.807, 2.05) is 18.2 Å². The first-order valence-electron chi connectivity index (χ1n) is 7.98. The summed E-state index contributed by atoms with van der Waals surface area (Å²) in [6.45, 7) is 1.49. The van der Waals surface area contributed by atoms with Gasteiger partial charge in [-0.3, -0.25) is 0 Å². The van der Waals surface area contributed by atoms with Gasteiger partial charge in [-0.1, -0.05) is 0 Å². The van der Waals surface area contributed by atoms with E-state index in [9.17, 15) is 4.79 Å². The Labute approximate surface area is 171 Å². The molecule has 9 heteroatoms. The third-order valence-corrected chi connectivity index (χ3v) is 8.91. The van der Waals surface area contributed by atoms with Crippen LogP contribution in [-0.2, 0) is 36.4 Å². The first-order valence-corrected chi connectivity index (χ1v) is 15.3. The van der Waals surface area contributed by atoms with Gasteiger partial charge in [0, 0.05) is 0 Å². The Balaban J connectivity index is 0.000000465. The van der Waals surface area contributed by atoms with Gasteiger partial charge in [0.25, 0.3) is 0 Å². The maximum absolute atomic E-state index is 11.0. The van der Waals surface area contributed by atoms with E-state index in [0.29, 0.717) is 0 Å². The summed E-state index contributed by atoms with van der Waals surface area (Å²) in [5.41, 5.74) is 3.61. The summed E-state index contributed by atoms with van der Waals surface area (Å²) in [4.78, 5) is 11.0. The van der Waals surface area contributed by atoms with Crippen molar-refractivity contribution in [1.29, 1.82) is 0 Å². The van der Waals surface area contributed by atoms with Gasteiger partial charge in [0.15, 0.2) is 0 Å². The predicted octanol–water partition coefficient (Wildman–Crippen LogP) is -1.58. The molecule has 0 unspecified atom stereocenters. The van der Waals surface area contributed by atoms with Gasteiger partial charge in [0.05, 0.1) is 0 Å². The number of hydrogen-bond acceptors (Lipinski definition) is 6. The summed E-state index contributed by atoms with van der Waals surface area (Å²) in [7, 11) is -4.94. The van der Waals surface area contributed by atoms with Crippen LogP contribution in [0.1, 0.15) is 12.5 Å². The normalized spacial score (nSPS) is 10.6. The zero-order valence-corrected chi connectivity index (χ0v) is 20.8. The number of para-hydroxylation sites is 2. The van der Waals surface area contributed by atoms with Crippen LogP contribution in [0.15, 0.2) is 66.9 Å². The Hall–Kier alpha value is -1.61. The number of carbonyl (C=O) groups is 1. The first kappa shape index (κ1) is 21.7. The van der Waals surface area contributed by atoms with Crippen molar-refractivity contribution in [3.63, 3.8) is 0 Å².